The number of carbonyl (C=O) groups is 1. The van der Waals surface area contributed by atoms with Crippen molar-refractivity contribution < 1.29 is 9.53 Å². The Balaban J connectivity index is 1.76. The Labute approximate surface area is 91.0 Å². The van der Waals surface area contributed by atoms with Crippen LogP contribution >= 0.6 is 0 Å². The van der Waals surface area contributed by atoms with Crippen LogP contribution in [0.15, 0.2) is 0 Å². The summed E-state index contributed by atoms with van der Waals surface area (Å²) in [5.74, 6) is 0. The summed E-state index contributed by atoms with van der Waals surface area (Å²) in [7, 11) is 1.65. The van der Waals surface area contributed by atoms with Gasteiger partial charge in [0, 0.05) is 20.2 Å². The fourth-order valence-electron chi connectivity index (χ4n) is 2.29. The average Bonchev–Trinajstić information content (AvgIpc) is 2.76. The summed E-state index contributed by atoms with van der Waals surface area (Å²) >= 11 is 0. The van der Waals surface area contributed by atoms with Crippen molar-refractivity contribution in [2.45, 2.75) is 32.2 Å². The topological polar surface area (TPSA) is 41.6 Å². The summed E-state index contributed by atoms with van der Waals surface area (Å²) < 4.78 is 4.99. The van der Waals surface area contributed by atoms with E-state index in [0.717, 1.165) is 13.1 Å². The molecule has 4 heteroatoms. The van der Waals surface area contributed by atoms with Crippen molar-refractivity contribution in [1.82, 2.24) is 10.2 Å². The molecule has 0 unspecified atom stereocenters. The Kier molecular flexibility index (Phi) is 2.87. The number of amides is 2. The fraction of sp³-hybridized carbons (Fsp3) is 0.909. The molecule has 1 atom stereocenters. The molecule has 2 amide bonds. The second kappa shape index (κ2) is 4.00. The molecule has 1 heterocycles. The van der Waals surface area contributed by atoms with Crippen molar-refractivity contribution in [2.75, 3.05) is 26.8 Å². The third-order valence-corrected chi connectivity index (χ3v) is 3.47. The smallest absolute Gasteiger partial charge is 0.317 e. The largest absolute Gasteiger partial charge is 0.383 e. The Morgan fingerprint density at radius 1 is 1.53 bits per heavy atom. The number of likely N-dealkylation sites (tertiary alicyclic amines) is 1. The van der Waals surface area contributed by atoms with E-state index in [-0.39, 0.29) is 12.1 Å². The zero-order chi connectivity index (χ0) is 10.9. The molecule has 1 N–H and O–H groups in total. The van der Waals surface area contributed by atoms with E-state index in [0.29, 0.717) is 12.0 Å². The number of ether oxygens (including phenoxy) is 1. The number of hydrogen-bond acceptors (Lipinski definition) is 2. The molecule has 2 aliphatic rings. The van der Waals surface area contributed by atoms with E-state index in [1.807, 2.05) is 11.8 Å². The van der Waals surface area contributed by atoms with Gasteiger partial charge in [-0.25, -0.2) is 4.79 Å². The zero-order valence-electron chi connectivity index (χ0n) is 9.58. The number of nitrogens with zero attached hydrogens (tertiary/aromatic N) is 1. The summed E-state index contributed by atoms with van der Waals surface area (Å²) in [6.45, 7) is 4.42. The lowest BCUT2D eigenvalue weighted by atomic mass is 10.1. The van der Waals surface area contributed by atoms with Gasteiger partial charge in [0.05, 0.1) is 12.6 Å². The highest BCUT2D eigenvalue weighted by Gasteiger charge is 2.48. The number of rotatable bonds is 3. The highest BCUT2D eigenvalue weighted by molar-refractivity contribution is 5.75. The fourth-order valence-corrected chi connectivity index (χ4v) is 2.29. The molecular weight excluding hydrogens is 192 g/mol. The number of carbonyl (C=O) groups excluding carboxylic acids is 1. The molecule has 0 aromatic heterocycles. The maximum atomic E-state index is 11.8. The monoisotopic (exact) mass is 212 g/mol. The normalized spacial score (nSPS) is 24.3. The van der Waals surface area contributed by atoms with Crippen LogP contribution in [-0.4, -0.2) is 43.8 Å². The maximum Gasteiger partial charge on any atom is 0.317 e. The Morgan fingerprint density at radius 2 is 2.27 bits per heavy atom. The predicted octanol–water partition coefficient (Wildman–Crippen LogP) is 1.22. The summed E-state index contributed by atoms with van der Waals surface area (Å²) in [6.07, 6.45) is 3.81. The minimum absolute atomic E-state index is 0.0725. The lowest BCUT2D eigenvalue weighted by molar-refractivity contribution is 0.162. The molecule has 0 aromatic carbocycles. The maximum absolute atomic E-state index is 11.8. The van der Waals surface area contributed by atoms with Crippen LogP contribution in [0.5, 0.6) is 0 Å². The minimum atomic E-state index is 0.0725. The summed E-state index contributed by atoms with van der Waals surface area (Å²) in [5.41, 5.74) is 0.516. The molecule has 4 nitrogen and oxygen atoms in total. The van der Waals surface area contributed by atoms with E-state index in [4.69, 9.17) is 4.74 Å². The van der Waals surface area contributed by atoms with Crippen molar-refractivity contribution in [3.05, 3.63) is 0 Å². The first-order chi connectivity index (χ1) is 7.15. The van der Waals surface area contributed by atoms with E-state index >= 15 is 0 Å². The molecule has 1 saturated heterocycles. The summed E-state index contributed by atoms with van der Waals surface area (Å²) in [5, 5.41) is 2.95. The van der Waals surface area contributed by atoms with Crippen LogP contribution in [0.1, 0.15) is 26.2 Å². The number of methoxy groups -OCH3 is 1. The van der Waals surface area contributed by atoms with Gasteiger partial charge in [-0.05, 0) is 31.6 Å². The molecule has 0 bridgehead atoms. The van der Waals surface area contributed by atoms with E-state index in [2.05, 4.69) is 5.32 Å². The quantitative estimate of drug-likeness (QED) is 0.764. The first kappa shape index (κ1) is 10.7. The molecule has 1 saturated carbocycles. The van der Waals surface area contributed by atoms with Crippen molar-refractivity contribution in [3.63, 3.8) is 0 Å². The highest BCUT2D eigenvalue weighted by atomic mass is 16.5. The molecule has 1 spiro atoms. The second-order valence-corrected chi connectivity index (χ2v) is 4.98. The minimum Gasteiger partial charge on any atom is -0.383 e. The lowest BCUT2D eigenvalue weighted by Crippen LogP contribution is -2.44. The van der Waals surface area contributed by atoms with Crippen molar-refractivity contribution in [3.8, 4) is 0 Å². The van der Waals surface area contributed by atoms with E-state index in [9.17, 15) is 4.79 Å². The summed E-state index contributed by atoms with van der Waals surface area (Å²) in [4.78, 5) is 13.7. The van der Waals surface area contributed by atoms with Crippen LogP contribution in [0.3, 0.4) is 0 Å². The third kappa shape index (κ3) is 2.43. The van der Waals surface area contributed by atoms with Gasteiger partial charge in [-0.15, -0.1) is 0 Å². The standard InChI is InChI=1S/C11H20N2O2/c1-9(7-15-2)12-10(14)13-6-5-11(8-13)3-4-11/h9H,3-8H2,1-2H3,(H,12,14)/t9-/m1/s1. The lowest BCUT2D eigenvalue weighted by Gasteiger charge is -2.20. The molecule has 15 heavy (non-hydrogen) atoms. The molecule has 1 aliphatic heterocycles. The molecule has 2 rings (SSSR count). The van der Waals surface area contributed by atoms with Gasteiger partial charge >= 0.3 is 6.03 Å². The number of nitrogens with one attached hydrogen (secondary N) is 1. The van der Waals surface area contributed by atoms with Crippen molar-refractivity contribution in [2.24, 2.45) is 5.41 Å². The second-order valence-electron chi connectivity index (χ2n) is 4.98. The molecule has 2 fully saturated rings. The van der Waals surface area contributed by atoms with E-state index in [1.54, 1.807) is 7.11 Å². The highest BCUT2D eigenvalue weighted by Crippen LogP contribution is 2.52. The SMILES string of the molecule is COC[C@@H](C)NC(=O)N1CCC2(CC2)C1. The summed E-state index contributed by atoms with van der Waals surface area (Å²) in [6, 6.07) is 0.168. The van der Waals surface area contributed by atoms with Crippen LogP contribution < -0.4 is 5.32 Å². The first-order valence-electron chi connectivity index (χ1n) is 5.70. The molecule has 1 aliphatic carbocycles. The molecular formula is C11H20N2O2. The third-order valence-electron chi connectivity index (χ3n) is 3.47. The predicted molar refractivity (Wildman–Crippen MR) is 57.7 cm³/mol. The Morgan fingerprint density at radius 3 is 2.80 bits per heavy atom. The van der Waals surface area contributed by atoms with Gasteiger partial charge in [0.1, 0.15) is 0 Å². The van der Waals surface area contributed by atoms with Gasteiger partial charge in [-0.3, -0.25) is 0 Å². The van der Waals surface area contributed by atoms with Crippen LogP contribution in [0.25, 0.3) is 0 Å². The molecule has 0 aromatic rings. The van der Waals surface area contributed by atoms with Crippen molar-refractivity contribution >= 4 is 6.03 Å². The Hall–Kier alpha value is -0.770. The van der Waals surface area contributed by atoms with Gasteiger partial charge < -0.3 is 15.0 Å². The van der Waals surface area contributed by atoms with Crippen LogP contribution in [-0.2, 0) is 4.74 Å². The number of urea groups is 1. The molecule has 0 radical (unpaired) electrons. The van der Waals surface area contributed by atoms with E-state index in [1.165, 1.54) is 19.3 Å². The zero-order valence-corrected chi connectivity index (χ0v) is 9.58. The first-order valence-corrected chi connectivity index (χ1v) is 5.70. The Bertz CT molecular complexity index is 251. The van der Waals surface area contributed by atoms with Crippen LogP contribution in [0.2, 0.25) is 0 Å². The van der Waals surface area contributed by atoms with Gasteiger partial charge in [-0.2, -0.15) is 0 Å². The van der Waals surface area contributed by atoms with Crippen LogP contribution in [0, 0.1) is 5.41 Å². The van der Waals surface area contributed by atoms with Crippen molar-refractivity contribution in [1.29, 1.82) is 0 Å². The molecule has 86 valence electrons. The number of hydrogen-bond donors (Lipinski definition) is 1. The van der Waals surface area contributed by atoms with Gasteiger partial charge in [0.2, 0.25) is 0 Å². The van der Waals surface area contributed by atoms with Gasteiger partial charge in [0.25, 0.3) is 0 Å². The van der Waals surface area contributed by atoms with Crippen LogP contribution in [0.4, 0.5) is 4.79 Å². The van der Waals surface area contributed by atoms with Gasteiger partial charge in [-0.1, -0.05) is 0 Å². The van der Waals surface area contributed by atoms with Gasteiger partial charge in [0.15, 0.2) is 0 Å². The van der Waals surface area contributed by atoms with E-state index < -0.39 is 0 Å². The average molecular weight is 212 g/mol.